The average Bonchev–Trinajstić information content (AvgIpc) is 1.55. The molecule has 0 spiro atoms. The maximum absolute atomic E-state index is 13.7. The van der Waals surface area contributed by atoms with Crippen molar-refractivity contribution in [3.8, 4) is 11.1 Å². The fraction of sp³-hybridized carbons (Fsp3) is 0.367. The third kappa shape index (κ3) is 14.7. The number of hydrogen-bond donors (Lipinski definition) is 2. The smallest absolute Gasteiger partial charge is 0.274 e. The van der Waals surface area contributed by atoms with Crippen molar-refractivity contribution in [2.45, 2.75) is 107 Å². The van der Waals surface area contributed by atoms with Gasteiger partial charge in [-0.15, -0.1) is 0 Å². The molecule has 5 aliphatic heterocycles. The van der Waals surface area contributed by atoms with E-state index >= 15 is 0 Å². The summed E-state index contributed by atoms with van der Waals surface area (Å²) in [6, 6.07) is 30.5. The van der Waals surface area contributed by atoms with Crippen LogP contribution in [0.1, 0.15) is 150 Å². The number of fused-ring (bicyclic) bond motifs is 2. The molecule has 0 bridgehead atoms. The molecule has 2 aliphatic carbocycles. The van der Waals surface area contributed by atoms with Crippen molar-refractivity contribution >= 4 is 86.5 Å². The second kappa shape index (κ2) is 30.1. The number of carbonyl (C=O) groups is 6. The first-order valence-corrected chi connectivity index (χ1v) is 35.8. The number of nitrogens with zero attached hydrogens (tertiary/aromatic N) is 8. The molecule has 4 aromatic heterocycles. The molecular formula is C79H79BrF4N10O12. The van der Waals surface area contributed by atoms with E-state index in [1.165, 1.54) is 21.5 Å². The van der Waals surface area contributed by atoms with Gasteiger partial charge in [-0.2, -0.15) is 0 Å². The molecule has 2 saturated carbocycles. The molecule has 9 heterocycles. The number of halogens is 5. The minimum Gasteiger partial charge on any atom is -0.378 e. The third-order valence-electron chi connectivity index (χ3n) is 21.2. The highest BCUT2D eigenvalue weighted by molar-refractivity contribution is 9.10. The Labute approximate surface area is 616 Å². The van der Waals surface area contributed by atoms with Crippen LogP contribution in [0.5, 0.6) is 0 Å². The van der Waals surface area contributed by atoms with Crippen molar-refractivity contribution in [1.82, 2.24) is 28.9 Å². The summed E-state index contributed by atoms with van der Waals surface area (Å²) < 4.78 is 80.6. The van der Waals surface area contributed by atoms with E-state index in [2.05, 4.69) is 36.5 Å². The van der Waals surface area contributed by atoms with Crippen LogP contribution in [-0.2, 0) is 56.7 Å². The number of ether oxygens (including phenoxy) is 4. The Hall–Kier alpha value is -10.1. The zero-order valence-corrected chi connectivity index (χ0v) is 60.9. The van der Waals surface area contributed by atoms with Crippen LogP contribution in [0, 0.1) is 0 Å². The highest BCUT2D eigenvalue weighted by Gasteiger charge is 2.54. The number of aryl methyl sites for hydroxylation is 2. The number of amides is 4. The van der Waals surface area contributed by atoms with Crippen LogP contribution in [-0.4, -0.2) is 155 Å². The lowest BCUT2D eigenvalue weighted by Crippen LogP contribution is -2.41. The minimum absolute atomic E-state index is 0.0778. The standard InChI is InChI=1S/C36H33F2N5O5.C23H30N4O5.C20H16BrF2NO2/c1-41-20-24(18-29(34(41)47)40-31-8-5-23(19-39-31)32(45)42-13-15-48-16-14-42)26-3-2-4-30(28(26)21-44)43-12-9-22-17-25(6-7-27(22)33(43)46)36(10-11-36)35(37)38;1-22(2)23(3,4)32-21(31-22)16-12-17(20(29)26(5)14-16)25-18-7-6-15(13-24-18)19(28)27-8-10-30-11-9-27;21-16-2-1-3-17(15(16)11-25)24-9-6-12-10-13(4-5-14(12)18(24)26)20(7-8-20)19(22)23/h2-8,17-21,35H,9-16H2,1H3,(H,39,40);6-7,12-14,21H,8-11H2,1-5H3,(H,24,25);1-5,10-11,19H,6-9H2. The molecule has 552 valence electrons. The van der Waals surface area contributed by atoms with Gasteiger partial charge < -0.3 is 58.3 Å². The molecule has 22 nitrogen and oxygen atoms in total. The first-order chi connectivity index (χ1) is 50.7. The van der Waals surface area contributed by atoms with E-state index in [1.807, 2.05) is 27.7 Å². The lowest BCUT2D eigenvalue weighted by molar-refractivity contribution is -0.0899. The summed E-state index contributed by atoms with van der Waals surface area (Å²) in [6.45, 7) is 12.8. The first-order valence-electron chi connectivity index (χ1n) is 35.0. The van der Waals surface area contributed by atoms with Crippen molar-refractivity contribution < 1.29 is 65.3 Å². The van der Waals surface area contributed by atoms with Gasteiger partial charge in [0.15, 0.2) is 18.9 Å². The second-order valence-corrected chi connectivity index (χ2v) is 29.2. The van der Waals surface area contributed by atoms with Crippen molar-refractivity contribution in [1.29, 1.82) is 0 Å². The fourth-order valence-corrected chi connectivity index (χ4v) is 14.3. The van der Waals surface area contributed by atoms with E-state index < -0.39 is 41.2 Å². The van der Waals surface area contributed by atoms with E-state index in [1.54, 1.807) is 155 Å². The number of aromatic nitrogens is 4. The number of pyridine rings is 4. The Morgan fingerprint density at radius 1 is 0.547 bits per heavy atom. The number of anilines is 6. The molecule has 3 saturated heterocycles. The van der Waals surface area contributed by atoms with Gasteiger partial charge in [0, 0.05) is 110 Å². The van der Waals surface area contributed by atoms with Crippen LogP contribution in [0.25, 0.3) is 11.1 Å². The Morgan fingerprint density at radius 2 is 0.991 bits per heavy atom. The molecule has 5 fully saturated rings. The summed E-state index contributed by atoms with van der Waals surface area (Å²) in [4.78, 5) is 117. The predicted molar refractivity (Wildman–Crippen MR) is 393 cm³/mol. The van der Waals surface area contributed by atoms with Crippen LogP contribution < -0.4 is 31.6 Å². The van der Waals surface area contributed by atoms with Crippen molar-refractivity contribution in [2.24, 2.45) is 14.1 Å². The molecule has 4 aromatic carbocycles. The lowest BCUT2D eigenvalue weighted by atomic mass is 9.89. The molecule has 27 heteroatoms. The number of rotatable bonds is 16. The van der Waals surface area contributed by atoms with Gasteiger partial charge in [0.25, 0.3) is 34.7 Å². The molecule has 2 N–H and O–H groups in total. The summed E-state index contributed by atoms with van der Waals surface area (Å²) in [5.74, 6) is 0.0809. The summed E-state index contributed by atoms with van der Waals surface area (Å²) in [5.41, 5.74) is 4.97. The van der Waals surface area contributed by atoms with Crippen LogP contribution >= 0.6 is 15.9 Å². The summed E-state index contributed by atoms with van der Waals surface area (Å²) in [7, 11) is 3.28. The van der Waals surface area contributed by atoms with Gasteiger partial charge in [0.2, 0.25) is 12.9 Å². The maximum Gasteiger partial charge on any atom is 0.274 e. The van der Waals surface area contributed by atoms with Gasteiger partial charge in [0.1, 0.15) is 23.0 Å². The predicted octanol–water partition coefficient (Wildman–Crippen LogP) is 12.3. The highest BCUT2D eigenvalue weighted by Crippen LogP contribution is 2.55. The second-order valence-electron chi connectivity index (χ2n) is 28.4. The quantitative estimate of drug-likeness (QED) is 0.0674. The number of aldehydes is 2. The molecule has 0 radical (unpaired) electrons. The Morgan fingerprint density at radius 3 is 1.42 bits per heavy atom. The van der Waals surface area contributed by atoms with Gasteiger partial charge in [-0.3, -0.25) is 38.4 Å². The molecule has 4 amide bonds. The molecular weight excluding hydrogens is 1440 g/mol. The molecule has 0 atom stereocenters. The Balaban J connectivity index is 0.000000149. The zero-order chi connectivity index (χ0) is 75.1. The number of nitrogens with one attached hydrogen (secondary N) is 2. The van der Waals surface area contributed by atoms with Gasteiger partial charge in [-0.05, 0) is 177 Å². The van der Waals surface area contributed by atoms with Gasteiger partial charge >= 0.3 is 0 Å². The van der Waals surface area contributed by atoms with E-state index in [0.717, 1.165) is 23.0 Å². The van der Waals surface area contributed by atoms with E-state index in [9.17, 15) is 55.9 Å². The molecule has 7 aliphatic rings. The largest absolute Gasteiger partial charge is 0.378 e. The Bertz CT molecular complexity index is 4860. The number of alkyl halides is 4. The summed E-state index contributed by atoms with van der Waals surface area (Å²) in [6.07, 6.45) is 5.17. The van der Waals surface area contributed by atoms with Crippen LogP contribution in [0.4, 0.5) is 51.9 Å². The topological polar surface area (TPSA) is 246 Å². The number of benzene rings is 4. The van der Waals surface area contributed by atoms with Crippen molar-refractivity contribution in [3.05, 3.63) is 220 Å². The molecule has 106 heavy (non-hydrogen) atoms. The van der Waals surface area contributed by atoms with E-state index in [-0.39, 0.29) is 52.5 Å². The minimum atomic E-state index is -2.45. The van der Waals surface area contributed by atoms with Gasteiger partial charge in [-0.1, -0.05) is 42.5 Å². The molecule has 15 rings (SSSR count). The van der Waals surface area contributed by atoms with Crippen LogP contribution in [0.3, 0.4) is 0 Å². The highest BCUT2D eigenvalue weighted by atomic mass is 79.9. The van der Waals surface area contributed by atoms with Crippen LogP contribution in [0.2, 0.25) is 0 Å². The number of hydrogen-bond acceptors (Lipinski definition) is 16. The normalized spacial score (nSPS) is 18.2. The lowest BCUT2D eigenvalue weighted by Gasteiger charge is -2.31. The number of morpholine rings is 2. The average molecular weight is 1520 g/mol. The van der Waals surface area contributed by atoms with Crippen LogP contribution in [0.15, 0.2) is 148 Å². The van der Waals surface area contributed by atoms with Gasteiger partial charge in [0.05, 0.1) is 76.5 Å². The number of carbonyl (C=O) groups excluding carboxylic acids is 6. The zero-order valence-electron chi connectivity index (χ0n) is 59.3. The Kier molecular flexibility index (Phi) is 21.1. The molecule has 8 aromatic rings. The van der Waals surface area contributed by atoms with Crippen molar-refractivity contribution in [2.75, 3.05) is 86.1 Å². The summed E-state index contributed by atoms with van der Waals surface area (Å²) in [5, 5.41) is 6.10. The van der Waals surface area contributed by atoms with Gasteiger partial charge in [-0.25, -0.2) is 27.5 Å². The monoisotopic (exact) mass is 1510 g/mol. The SMILES string of the molecule is Cn1cc(-c2cccc(N3CCc4cc(C5(C(F)F)CC5)ccc4C3=O)c2C=O)cc(Nc2ccc(C(=O)N3CCOCC3)cn2)c1=O.Cn1cc(C2OC(C)(C)C(C)(C)O2)cc(Nc2ccc(C(=O)N3CCOCC3)cn2)c1=O.O=Cc1c(Br)cccc1N1CCc2cc(C3(C(F)F)CC3)ccc2C1=O. The maximum atomic E-state index is 13.7. The summed E-state index contributed by atoms with van der Waals surface area (Å²) >= 11 is 3.34. The van der Waals surface area contributed by atoms with E-state index in [0.29, 0.717) is 187 Å². The third-order valence-corrected chi connectivity index (χ3v) is 21.9. The van der Waals surface area contributed by atoms with Crippen molar-refractivity contribution in [3.63, 3.8) is 0 Å². The van der Waals surface area contributed by atoms with E-state index in [4.69, 9.17) is 18.9 Å². The fourth-order valence-electron chi connectivity index (χ4n) is 13.9. The first kappa shape index (κ1) is 74.2. The molecule has 0 unspecified atom stereocenters.